The van der Waals surface area contributed by atoms with E-state index in [1.165, 1.54) is 16.4 Å². The molecule has 3 rings (SSSR count). The van der Waals surface area contributed by atoms with Crippen molar-refractivity contribution < 1.29 is 17.6 Å². The fraction of sp³-hybridized carbons (Fsp3) is 0.353. The van der Waals surface area contributed by atoms with E-state index in [2.05, 4.69) is 5.32 Å². The van der Waals surface area contributed by atoms with Crippen LogP contribution in [0.5, 0.6) is 0 Å². The van der Waals surface area contributed by atoms with Crippen LogP contribution >= 0.6 is 11.3 Å². The molecule has 2 heterocycles. The van der Waals surface area contributed by atoms with E-state index in [0.717, 1.165) is 24.2 Å². The van der Waals surface area contributed by atoms with Crippen molar-refractivity contribution in [2.75, 3.05) is 19.6 Å². The van der Waals surface area contributed by atoms with Crippen LogP contribution in [0.25, 0.3) is 0 Å². The number of thiophene rings is 1. The van der Waals surface area contributed by atoms with Crippen LogP contribution in [0.3, 0.4) is 0 Å². The second-order valence-electron chi connectivity index (χ2n) is 5.82. The Morgan fingerprint density at radius 2 is 1.92 bits per heavy atom. The molecule has 25 heavy (non-hydrogen) atoms. The molecular formula is C17H19FN2O3S2. The fourth-order valence-electron chi connectivity index (χ4n) is 2.83. The van der Waals surface area contributed by atoms with E-state index in [4.69, 9.17) is 0 Å². The van der Waals surface area contributed by atoms with E-state index < -0.39 is 15.9 Å². The second-order valence-corrected chi connectivity index (χ2v) is 8.64. The number of hydrogen-bond acceptors (Lipinski definition) is 4. The van der Waals surface area contributed by atoms with E-state index in [1.807, 2.05) is 0 Å². The van der Waals surface area contributed by atoms with E-state index in [9.17, 15) is 17.6 Å². The number of carbonyl (C=O) groups is 1. The Balaban J connectivity index is 1.67. The quantitative estimate of drug-likeness (QED) is 0.835. The number of rotatable bonds is 6. The lowest BCUT2D eigenvalue weighted by molar-refractivity contribution is 0.0955. The lowest BCUT2D eigenvalue weighted by atomic mass is 10.1. The molecule has 0 unspecified atom stereocenters. The lowest BCUT2D eigenvalue weighted by Gasteiger charge is -2.15. The minimum absolute atomic E-state index is 0.0581. The van der Waals surface area contributed by atoms with E-state index in [0.29, 0.717) is 25.1 Å². The second kappa shape index (κ2) is 7.63. The summed E-state index contributed by atoms with van der Waals surface area (Å²) in [6, 6.07) is 7.86. The molecule has 0 atom stereocenters. The van der Waals surface area contributed by atoms with Crippen LogP contribution < -0.4 is 5.32 Å². The molecule has 2 aromatic rings. The van der Waals surface area contributed by atoms with Gasteiger partial charge in [0.2, 0.25) is 10.0 Å². The zero-order chi connectivity index (χ0) is 17.9. The molecule has 1 saturated heterocycles. The molecule has 8 heteroatoms. The maximum atomic E-state index is 13.6. The van der Waals surface area contributed by atoms with Gasteiger partial charge < -0.3 is 5.32 Å². The van der Waals surface area contributed by atoms with Crippen molar-refractivity contribution in [1.29, 1.82) is 0 Å². The highest BCUT2D eigenvalue weighted by Gasteiger charge is 2.31. The first-order valence-electron chi connectivity index (χ1n) is 8.09. The Kier molecular flexibility index (Phi) is 5.51. The summed E-state index contributed by atoms with van der Waals surface area (Å²) in [4.78, 5) is 12.6. The van der Waals surface area contributed by atoms with Gasteiger partial charge in [0.05, 0.1) is 0 Å². The molecule has 1 fully saturated rings. The predicted octanol–water partition coefficient (Wildman–Crippen LogP) is 2.64. The molecule has 1 aliphatic rings. The van der Waals surface area contributed by atoms with Crippen LogP contribution in [0, 0.1) is 5.82 Å². The summed E-state index contributed by atoms with van der Waals surface area (Å²) in [5.41, 5.74) is 0.513. The van der Waals surface area contributed by atoms with Gasteiger partial charge in [-0.15, -0.1) is 11.3 Å². The van der Waals surface area contributed by atoms with Crippen LogP contribution in [0.4, 0.5) is 4.39 Å². The topological polar surface area (TPSA) is 66.5 Å². The third-order valence-electron chi connectivity index (χ3n) is 4.16. The van der Waals surface area contributed by atoms with E-state index in [-0.39, 0.29) is 22.1 Å². The SMILES string of the molecule is O=C(NCCc1ccccc1F)c1sccc1S(=O)(=O)N1CCCC1. The van der Waals surface area contributed by atoms with Gasteiger partial charge in [0.15, 0.2) is 0 Å². The summed E-state index contributed by atoms with van der Waals surface area (Å²) in [5.74, 6) is -0.755. The monoisotopic (exact) mass is 382 g/mol. The number of nitrogens with one attached hydrogen (secondary N) is 1. The third-order valence-corrected chi connectivity index (χ3v) is 7.14. The number of carbonyl (C=O) groups excluding carboxylic acids is 1. The molecule has 0 spiro atoms. The van der Waals surface area contributed by atoms with Gasteiger partial charge in [0.25, 0.3) is 5.91 Å². The Morgan fingerprint density at radius 1 is 1.20 bits per heavy atom. The summed E-state index contributed by atoms with van der Waals surface area (Å²) in [5, 5.41) is 4.29. The Morgan fingerprint density at radius 3 is 2.64 bits per heavy atom. The molecule has 0 radical (unpaired) electrons. The highest BCUT2D eigenvalue weighted by atomic mass is 32.2. The van der Waals surface area contributed by atoms with Crippen molar-refractivity contribution in [2.24, 2.45) is 0 Å². The van der Waals surface area contributed by atoms with Crippen molar-refractivity contribution >= 4 is 27.3 Å². The number of hydrogen-bond donors (Lipinski definition) is 1. The molecular weight excluding hydrogens is 363 g/mol. The number of halogens is 1. The Hall–Kier alpha value is -1.77. The van der Waals surface area contributed by atoms with Gasteiger partial charge in [-0.05, 0) is 42.3 Å². The molecule has 0 bridgehead atoms. The number of benzene rings is 1. The Bertz CT molecular complexity index is 858. The first-order chi connectivity index (χ1) is 12.0. The summed E-state index contributed by atoms with van der Waals surface area (Å²) >= 11 is 1.10. The van der Waals surface area contributed by atoms with Gasteiger partial charge in [-0.1, -0.05) is 18.2 Å². The average molecular weight is 382 g/mol. The summed E-state index contributed by atoms with van der Waals surface area (Å²) < 4.78 is 40.3. The first kappa shape index (κ1) is 18.0. The molecule has 0 saturated carbocycles. The zero-order valence-corrected chi connectivity index (χ0v) is 15.2. The van der Waals surface area contributed by atoms with Crippen LogP contribution in [0.1, 0.15) is 28.1 Å². The Labute approximate surface area is 150 Å². The predicted molar refractivity (Wildman–Crippen MR) is 94.7 cm³/mol. The average Bonchev–Trinajstić information content (AvgIpc) is 3.28. The smallest absolute Gasteiger partial charge is 0.262 e. The van der Waals surface area contributed by atoms with E-state index in [1.54, 1.807) is 23.6 Å². The van der Waals surface area contributed by atoms with Crippen molar-refractivity contribution in [1.82, 2.24) is 9.62 Å². The summed E-state index contributed by atoms with van der Waals surface area (Å²) in [6.45, 7) is 1.22. The molecule has 0 aliphatic carbocycles. The van der Waals surface area contributed by atoms with Gasteiger partial charge >= 0.3 is 0 Å². The number of amides is 1. The highest BCUT2D eigenvalue weighted by Crippen LogP contribution is 2.27. The van der Waals surface area contributed by atoms with Crippen LogP contribution in [0.15, 0.2) is 40.6 Å². The summed E-state index contributed by atoms with van der Waals surface area (Å²) in [6.07, 6.45) is 2.03. The van der Waals surface area contributed by atoms with Crippen molar-refractivity contribution in [2.45, 2.75) is 24.2 Å². The van der Waals surface area contributed by atoms with Gasteiger partial charge in [0, 0.05) is 19.6 Å². The maximum Gasteiger partial charge on any atom is 0.262 e. The van der Waals surface area contributed by atoms with Crippen LogP contribution in [-0.4, -0.2) is 38.3 Å². The normalized spacial score (nSPS) is 15.4. The molecule has 5 nitrogen and oxygen atoms in total. The van der Waals surface area contributed by atoms with Crippen molar-refractivity contribution in [3.05, 3.63) is 52.0 Å². The van der Waals surface area contributed by atoms with Crippen molar-refractivity contribution in [3.63, 3.8) is 0 Å². The van der Waals surface area contributed by atoms with Crippen LogP contribution in [0.2, 0.25) is 0 Å². The standard InChI is InChI=1S/C17H19FN2O3S2/c18-14-6-2-1-5-13(14)7-9-19-17(21)16-15(8-12-24-16)25(22,23)20-10-3-4-11-20/h1-2,5-6,8,12H,3-4,7,9-11H2,(H,19,21). The maximum absolute atomic E-state index is 13.6. The molecule has 134 valence electrons. The number of nitrogens with zero attached hydrogens (tertiary/aromatic N) is 1. The number of sulfonamides is 1. The van der Waals surface area contributed by atoms with Gasteiger partial charge in [-0.3, -0.25) is 4.79 Å². The molecule has 1 amide bonds. The molecule has 1 aromatic carbocycles. The van der Waals surface area contributed by atoms with Gasteiger partial charge in [-0.25, -0.2) is 12.8 Å². The van der Waals surface area contributed by atoms with Crippen LogP contribution in [-0.2, 0) is 16.4 Å². The fourth-order valence-corrected chi connectivity index (χ4v) is 5.66. The molecule has 1 aromatic heterocycles. The van der Waals surface area contributed by atoms with Gasteiger partial charge in [-0.2, -0.15) is 4.31 Å². The third kappa shape index (κ3) is 3.91. The molecule has 1 aliphatic heterocycles. The highest BCUT2D eigenvalue weighted by molar-refractivity contribution is 7.89. The first-order valence-corrected chi connectivity index (χ1v) is 10.4. The molecule has 1 N–H and O–H groups in total. The summed E-state index contributed by atoms with van der Waals surface area (Å²) in [7, 11) is -3.63. The largest absolute Gasteiger partial charge is 0.351 e. The van der Waals surface area contributed by atoms with Gasteiger partial charge in [0.1, 0.15) is 15.6 Å². The van der Waals surface area contributed by atoms with E-state index >= 15 is 0 Å². The minimum atomic E-state index is -3.63. The zero-order valence-electron chi connectivity index (χ0n) is 13.6. The lowest BCUT2D eigenvalue weighted by Crippen LogP contribution is -2.31. The minimum Gasteiger partial charge on any atom is -0.351 e. The van der Waals surface area contributed by atoms with Crippen molar-refractivity contribution in [3.8, 4) is 0 Å².